The maximum atomic E-state index is 10.2. The van der Waals surface area contributed by atoms with E-state index in [0.717, 1.165) is 25.9 Å². The van der Waals surface area contributed by atoms with Crippen LogP contribution in [0.3, 0.4) is 0 Å². The lowest BCUT2D eigenvalue weighted by molar-refractivity contribution is -0.130. The minimum Gasteiger partial charge on any atom is -0.472 e. The fourth-order valence-electron chi connectivity index (χ4n) is 1.77. The second kappa shape index (κ2) is 5.02. The van der Waals surface area contributed by atoms with Crippen molar-refractivity contribution in [1.29, 1.82) is 0 Å². The molecule has 0 saturated carbocycles. The molecule has 0 bridgehead atoms. The van der Waals surface area contributed by atoms with Crippen molar-refractivity contribution in [1.82, 2.24) is 4.90 Å². The normalized spacial score (nSPS) is 22.1. The average molecular weight is 195 g/mol. The molecule has 0 aliphatic carbocycles. The highest BCUT2D eigenvalue weighted by atomic mass is 16.4. The Morgan fingerprint density at radius 2 is 2.36 bits per heavy atom. The van der Waals surface area contributed by atoms with Gasteiger partial charge < -0.3 is 10.0 Å². The largest absolute Gasteiger partial charge is 0.472 e. The van der Waals surface area contributed by atoms with Crippen LogP contribution in [0.25, 0.3) is 0 Å². The van der Waals surface area contributed by atoms with Gasteiger partial charge in [0.15, 0.2) is 0 Å². The van der Waals surface area contributed by atoms with Crippen LogP contribution >= 0.6 is 0 Å². The van der Waals surface area contributed by atoms with Gasteiger partial charge in [-0.1, -0.05) is 5.92 Å². The summed E-state index contributed by atoms with van der Waals surface area (Å²) in [5.41, 5.74) is 0. The first kappa shape index (κ1) is 11.1. The number of aliphatic carboxylic acids is 1. The Morgan fingerprint density at radius 1 is 1.64 bits per heavy atom. The van der Waals surface area contributed by atoms with Gasteiger partial charge in [-0.3, -0.25) is 0 Å². The van der Waals surface area contributed by atoms with Crippen molar-refractivity contribution in [2.75, 3.05) is 13.1 Å². The summed E-state index contributed by atoms with van der Waals surface area (Å²) in [5.74, 6) is 4.41. The first-order valence-electron chi connectivity index (χ1n) is 5.05. The van der Waals surface area contributed by atoms with E-state index in [1.165, 1.54) is 0 Å². The molecule has 1 rings (SSSR count). The van der Waals surface area contributed by atoms with Crippen molar-refractivity contribution in [2.45, 2.75) is 32.7 Å². The molecule has 1 fully saturated rings. The van der Waals surface area contributed by atoms with E-state index in [4.69, 9.17) is 5.11 Å². The molecule has 78 valence electrons. The molecule has 0 aromatic rings. The summed E-state index contributed by atoms with van der Waals surface area (Å²) >= 11 is 0. The minimum atomic E-state index is -1.02. The van der Waals surface area contributed by atoms with Gasteiger partial charge in [0.25, 0.3) is 0 Å². The number of carboxylic acid groups (broad SMARTS) is 1. The number of hydrogen-bond acceptors (Lipinski definition) is 2. The van der Waals surface area contributed by atoms with Gasteiger partial charge in [0.2, 0.25) is 0 Å². The average Bonchev–Trinajstić information content (AvgIpc) is 2.52. The lowest BCUT2D eigenvalue weighted by Gasteiger charge is -2.19. The topological polar surface area (TPSA) is 40.5 Å². The summed E-state index contributed by atoms with van der Waals surface area (Å²) in [7, 11) is 0. The first-order chi connectivity index (χ1) is 6.59. The lowest BCUT2D eigenvalue weighted by atomic mass is 10.1. The molecule has 1 aliphatic rings. The van der Waals surface area contributed by atoms with E-state index in [9.17, 15) is 4.79 Å². The molecule has 1 heterocycles. The number of nitrogens with zero attached hydrogens (tertiary/aromatic N) is 1. The summed E-state index contributed by atoms with van der Waals surface area (Å²) in [6, 6.07) is 0.590. The second-order valence-corrected chi connectivity index (χ2v) is 4.05. The third-order valence-corrected chi connectivity index (χ3v) is 2.63. The monoisotopic (exact) mass is 195 g/mol. The van der Waals surface area contributed by atoms with Gasteiger partial charge in [-0.05, 0) is 32.7 Å². The Kier molecular flexibility index (Phi) is 3.97. The fourth-order valence-corrected chi connectivity index (χ4v) is 1.77. The van der Waals surface area contributed by atoms with Crippen molar-refractivity contribution in [3.05, 3.63) is 0 Å². The van der Waals surface area contributed by atoms with Crippen LogP contribution in [-0.4, -0.2) is 35.1 Å². The van der Waals surface area contributed by atoms with Crippen LogP contribution in [0, 0.1) is 17.8 Å². The van der Waals surface area contributed by atoms with Crippen molar-refractivity contribution in [2.24, 2.45) is 5.92 Å². The van der Waals surface area contributed by atoms with Crippen molar-refractivity contribution >= 4 is 5.97 Å². The Morgan fingerprint density at radius 3 is 2.86 bits per heavy atom. The zero-order valence-corrected chi connectivity index (χ0v) is 8.79. The molecule has 0 radical (unpaired) electrons. The summed E-state index contributed by atoms with van der Waals surface area (Å²) in [6.45, 7) is 6.56. The molecule has 1 N–H and O–H groups in total. The molecule has 0 aromatic carbocycles. The van der Waals surface area contributed by atoms with E-state index in [-0.39, 0.29) is 0 Å². The van der Waals surface area contributed by atoms with Gasteiger partial charge in [-0.15, -0.1) is 0 Å². The van der Waals surface area contributed by atoms with E-state index < -0.39 is 5.97 Å². The Hall–Kier alpha value is -1.01. The summed E-state index contributed by atoms with van der Waals surface area (Å²) < 4.78 is 0. The van der Waals surface area contributed by atoms with Crippen LogP contribution in [0.2, 0.25) is 0 Å². The van der Waals surface area contributed by atoms with E-state index in [0.29, 0.717) is 12.0 Å². The van der Waals surface area contributed by atoms with E-state index in [1.54, 1.807) is 0 Å². The van der Waals surface area contributed by atoms with Crippen molar-refractivity contribution in [3.8, 4) is 11.8 Å². The number of likely N-dealkylation sites (tertiary alicyclic amines) is 1. The van der Waals surface area contributed by atoms with Gasteiger partial charge in [0.05, 0.1) is 0 Å². The molecule has 3 heteroatoms. The molecule has 3 nitrogen and oxygen atoms in total. The molecule has 1 unspecified atom stereocenters. The van der Waals surface area contributed by atoms with Crippen LogP contribution in [0.4, 0.5) is 0 Å². The smallest absolute Gasteiger partial charge is 0.381 e. The lowest BCUT2D eigenvalue weighted by Crippen LogP contribution is -2.28. The Balaban J connectivity index is 2.30. The molecular weight excluding hydrogens is 178 g/mol. The van der Waals surface area contributed by atoms with Gasteiger partial charge in [0.1, 0.15) is 0 Å². The maximum absolute atomic E-state index is 10.2. The standard InChI is InChI=1S/C11H17NO2/c1-9(2)12-7-6-10(8-12)4-3-5-11(13)14/h9-10H,4,6-8H2,1-2H3,(H,13,14). The number of carbonyl (C=O) groups is 1. The van der Waals surface area contributed by atoms with Gasteiger partial charge in [-0.2, -0.15) is 0 Å². The molecule has 1 saturated heterocycles. The molecule has 1 atom stereocenters. The third kappa shape index (κ3) is 3.39. The molecule has 1 aliphatic heterocycles. The Bertz CT molecular complexity index is 262. The van der Waals surface area contributed by atoms with Crippen LogP contribution in [0.5, 0.6) is 0 Å². The molecule has 0 amide bonds. The predicted molar refractivity (Wildman–Crippen MR) is 54.8 cm³/mol. The van der Waals surface area contributed by atoms with Crippen molar-refractivity contribution < 1.29 is 9.90 Å². The molecule has 0 spiro atoms. The predicted octanol–water partition coefficient (Wildman–Crippen LogP) is 1.19. The molecule has 14 heavy (non-hydrogen) atoms. The SMILES string of the molecule is CC(C)N1CCC(CC#CC(=O)O)C1. The maximum Gasteiger partial charge on any atom is 0.381 e. The molecular formula is C11H17NO2. The summed E-state index contributed by atoms with van der Waals surface area (Å²) in [6.07, 6.45) is 1.86. The van der Waals surface area contributed by atoms with E-state index in [1.807, 2.05) is 0 Å². The van der Waals surface area contributed by atoms with Gasteiger partial charge in [-0.25, -0.2) is 4.79 Å². The number of rotatable bonds is 2. The highest BCUT2D eigenvalue weighted by molar-refractivity contribution is 5.86. The van der Waals surface area contributed by atoms with Crippen LogP contribution < -0.4 is 0 Å². The van der Waals surface area contributed by atoms with Gasteiger partial charge >= 0.3 is 5.97 Å². The highest BCUT2D eigenvalue weighted by Crippen LogP contribution is 2.20. The Labute approximate surface area is 85.1 Å². The quantitative estimate of drug-likeness (QED) is 0.673. The van der Waals surface area contributed by atoms with Crippen LogP contribution in [0.1, 0.15) is 26.7 Å². The third-order valence-electron chi connectivity index (χ3n) is 2.63. The van der Waals surface area contributed by atoms with E-state index >= 15 is 0 Å². The fraction of sp³-hybridized carbons (Fsp3) is 0.727. The second-order valence-electron chi connectivity index (χ2n) is 4.05. The first-order valence-corrected chi connectivity index (χ1v) is 5.05. The zero-order chi connectivity index (χ0) is 10.6. The van der Waals surface area contributed by atoms with Crippen molar-refractivity contribution in [3.63, 3.8) is 0 Å². The number of carboxylic acids is 1. The van der Waals surface area contributed by atoms with E-state index in [2.05, 4.69) is 30.6 Å². The molecule has 0 aromatic heterocycles. The van der Waals surface area contributed by atoms with Crippen LogP contribution in [-0.2, 0) is 4.79 Å². The number of hydrogen-bond donors (Lipinski definition) is 1. The van der Waals surface area contributed by atoms with Gasteiger partial charge in [0, 0.05) is 24.9 Å². The highest BCUT2D eigenvalue weighted by Gasteiger charge is 2.23. The minimum absolute atomic E-state index is 0.559. The summed E-state index contributed by atoms with van der Waals surface area (Å²) in [4.78, 5) is 12.6. The summed E-state index contributed by atoms with van der Waals surface area (Å²) in [5, 5.41) is 8.34. The zero-order valence-electron chi connectivity index (χ0n) is 8.79. The van der Waals surface area contributed by atoms with Crippen LogP contribution in [0.15, 0.2) is 0 Å².